The van der Waals surface area contributed by atoms with Crippen molar-refractivity contribution < 1.29 is 106 Å². The number of hydroxylamine groups is 4. The van der Waals surface area contributed by atoms with Crippen molar-refractivity contribution in [1.82, 2.24) is 66.8 Å². The van der Waals surface area contributed by atoms with Gasteiger partial charge >= 0.3 is 11.9 Å². The van der Waals surface area contributed by atoms with Crippen LogP contribution in [0.15, 0.2) is 126 Å². The minimum atomic E-state index is -1.36. The number of aryl methyl sites for hydroxylation is 1. The zero-order valence-electron chi connectivity index (χ0n) is 80.4. The number of carbonyl (C=O) groups is 20. The van der Waals surface area contributed by atoms with Crippen LogP contribution in [0.5, 0.6) is 0 Å². The molecule has 4 aromatic carbocycles. The summed E-state index contributed by atoms with van der Waals surface area (Å²) in [5.74, 6) is 1.11. The van der Waals surface area contributed by atoms with Crippen LogP contribution >= 0.6 is 66.7 Å². The van der Waals surface area contributed by atoms with Crippen LogP contribution in [0.3, 0.4) is 0 Å². The maximum absolute atomic E-state index is 14.0. The third-order valence-corrected chi connectivity index (χ3v) is 31.4. The first-order valence-electron chi connectivity index (χ1n) is 48.0. The summed E-state index contributed by atoms with van der Waals surface area (Å²) in [5, 5.41) is 28.4. The predicted octanol–water partition coefficient (Wildman–Crippen LogP) is 7.47. The summed E-state index contributed by atoms with van der Waals surface area (Å²) in [6.45, 7) is 2.43. The van der Waals surface area contributed by atoms with Crippen molar-refractivity contribution in [2.45, 2.75) is 210 Å². The van der Waals surface area contributed by atoms with Gasteiger partial charge in [-0.3, -0.25) is 96.1 Å². The average molecular weight is 2120 g/mol. The highest BCUT2D eigenvalue weighted by molar-refractivity contribution is 8.77. The fourth-order valence-electron chi connectivity index (χ4n) is 16.0. The van der Waals surface area contributed by atoms with E-state index in [0.717, 1.165) is 141 Å². The number of unbranched alkanes of at least 4 members (excludes halogenated alkanes) is 6. The molecule has 13 rings (SSSR count). The van der Waals surface area contributed by atoms with Crippen LogP contribution in [-0.2, 0) is 125 Å². The Balaban J connectivity index is 0.000000233. The number of nitrogens with one attached hydrogen (secondary N) is 6. The van der Waals surface area contributed by atoms with E-state index in [1.54, 1.807) is 57.7 Å². The maximum atomic E-state index is 14.0. The van der Waals surface area contributed by atoms with Gasteiger partial charge in [-0.1, -0.05) is 175 Å². The van der Waals surface area contributed by atoms with E-state index in [0.29, 0.717) is 104 Å². The number of para-hydroxylation sites is 2. The van der Waals surface area contributed by atoms with Crippen molar-refractivity contribution in [3.63, 3.8) is 0 Å². The molecule has 146 heavy (non-hydrogen) atoms. The molecule has 0 saturated carbocycles. The van der Waals surface area contributed by atoms with Crippen LogP contribution in [0.1, 0.15) is 189 Å². The lowest BCUT2D eigenvalue weighted by Gasteiger charge is -2.29. The summed E-state index contributed by atoms with van der Waals surface area (Å²) in [5.41, 5.74) is 28.3. The Bertz CT molecular complexity index is 5800. The quantitative estimate of drug-likeness (QED) is 0.00356. The van der Waals surface area contributed by atoms with Crippen molar-refractivity contribution in [2.75, 3.05) is 90.1 Å². The van der Waals surface area contributed by atoms with Gasteiger partial charge in [0.2, 0.25) is 57.5 Å². The van der Waals surface area contributed by atoms with Crippen molar-refractivity contribution in [3.05, 3.63) is 154 Å². The Morgan fingerprint density at radius 3 is 1.35 bits per heavy atom. The van der Waals surface area contributed by atoms with E-state index in [1.807, 2.05) is 97.1 Å². The predicted molar refractivity (Wildman–Crippen MR) is 548 cm³/mol. The van der Waals surface area contributed by atoms with Gasteiger partial charge in [-0.25, -0.2) is 14.3 Å². The molecular weight excluding hydrogens is 2000 g/mol. The lowest BCUT2D eigenvalue weighted by molar-refractivity contribution is -0.197. The van der Waals surface area contributed by atoms with Gasteiger partial charge in [0.25, 0.3) is 47.3 Å². The fraction of sp³-hybridized carbons (Fsp3) is 0.469. The number of azide groups is 1. The number of hydrogen-bond acceptors (Lipinski definition) is 33. The molecule has 9 heterocycles. The van der Waals surface area contributed by atoms with Crippen molar-refractivity contribution in [1.29, 1.82) is 0 Å². The molecule has 48 heteroatoms. The number of anilines is 2. The normalized spacial score (nSPS) is 15.8. The summed E-state index contributed by atoms with van der Waals surface area (Å²) >= 11 is 1.58. The molecule has 4 saturated heterocycles. The molecule has 1 aromatic heterocycles. The third kappa shape index (κ3) is 35.1. The van der Waals surface area contributed by atoms with Crippen LogP contribution in [0, 0.1) is 11.8 Å². The Morgan fingerprint density at radius 2 is 0.856 bits per heavy atom. The van der Waals surface area contributed by atoms with Crippen LogP contribution < -0.4 is 53.2 Å². The number of amides is 16. The van der Waals surface area contributed by atoms with Gasteiger partial charge < -0.3 is 62.8 Å². The molecular formula is C98H116N20O22S6. The van der Waals surface area contributed by atoms with Gasteiger partial charge in [0.1, 0.15) is 17.8 Å². The van der Waals surface area contributed by atoms with Gasteiger partial charge in [-0.15, -0.1) is 15.2 Å². The Morgan fingerprint density at radius 1 is 0.445 bits per heavy atom. The first-order chi connectivity index (χ1) is 70.3. The summed E-state index contributed by atoms with van der Waals surface area (Å²) in [6, 6.07) is 27.6. The lowest BCUT2D eigenvalue weighted by Crippen LogP contribution is -2.43. The van der Waals surface area contributed by atoms with Gasteiger partial charge in [-0.2, -0.15) is 0 Å². The highest BCUT2D eigenvalue weighted by Crippen LogP contribution is 2.43. The molecule has 8 aliphatic rings. The smallest absolute Gasteiger partial charge is 0.335 e. The van der Waals surface area contributed by atoms with Gasteiger partial charge in [0.05, 0.1) is 43.0 Å². The number of nitrogens with zero attached hydrogens (tertiary/aromatic N) is 12. The van der Waals surface area contributed by atoms with E-state index in [-0.39, 0.29) is 162 Å². The molecule has 42 nitrogen and oxygen atoms in total. The number of carbonyl (C=O) groups excluding carboxylic acids is 20. The zero-order chi connectivity index (χ0) is 104. The Hall–Kier alpha value is -13.0. The second-order valence-corrected chi connectivity index (χ2v) is 42.3. The summed E-state index contributed by atoms with van der Waals surface area (Å²) in [6.07, 6.45) is 11.5. The topological polar surface area (TPSA) is 583 Å². The number of hydrogen-bond donors (Lipinski definition) is 8. The zero-order valence-corrected chi connectivity index (χ0v) is 85.3. The van der Waals surface area contributed by atoms with Gasteiger partial charge in [-0.05, 0) is 105 Å². The number of rotatable bonds is 50. The van der Waals surface area contributed by atoms with Crippen LogP contribution in [0.25, 0.3) is 33.0 Å². The molecule has 10 N–H and O–H groups in total. The van der Waals surface area contributed by atoms with Crippen molar-refractivity contribution in [3.8, 4) is 34.4 Å². The number of fused-ring (bicyclic) bond motifs is 7. The molecule has 0 radical (unpaired) electrons. The molecule has 2 atom stereocenters. The van der Waals surface area contributed by atoms with Gasteiger partial charge in [0, 0.05) is 226 Å². The van der Waals surface area contributed by atoms with E-state index in [9.17, 15) is 95.9 Å². The molecule has 8 aliphatic heterocycles. The number of aromatic nitrogens is 3. The standard InChI is InChI=1S/C49H58N10O11S3.C25H21N3O4.C24H37N7O7S3/c50-49(30-72-73-31-49)22-7-8-23-51-38(61)21-27-71-48(69)35(28-45(68)70-59-43(66)17-18-44(59)67)53-39(62)14-2-1-9-25-58-47-34-12-5-6-13-36(34)57(29-32-10-3-4-11-33(32)46(47)54-55-58)42(65)19-24-52-37(60)20-26-56-40(63)15-16-41(56)64;29-22(14-16-27-23(30)11-12-24(27)31)26-15-13-25(32)28-17-20-7-2-1-5-18(20)9-10-19-6-3-4-8-21(19)28;25-24(15-40-41-16-24)10-3-5-11-27-18(32)9-13-39-23(37)17(29-19(33)6-2-1-4-12-28-30-26)14-22(36)38-31-20(34)7-8-21(31)35/h3-6,10-13,15-16,35H,1-2,7-9,14,17-31,50H2,(H,51,61)(H,52,60)(H,53,62);1-8,11-12H,13-17H2,(H,26,29);17H,1-16,25H2,(H,27,32)(H,29,33). The minimum absolute atomic E-state index is 0.00355. The van der Waals surface area contributed by atoms with Crippen LogP contribution in [-0.4, -0.2) is 255 Å². The largest absolute Gasteiger partial charge is 0.356 e. The second kappa shape index (κ2) is 57.8. The molecule has 776 valence electrons. The summed E-state index contributed by atoms with van der Waals surface area (Å²) in [4.78, 5) is 266. The van der Waals surface area contributed by atoms with Crippen molar-refractivity contribution in [2.24, 2.45) is 16.6 Å². The van der Waals surface area contributed by atoms with E-state index >= 15 is 0 Å². The van der Waals surface area contributed by atoms with Crippen LogP contribution in [0.2, 0.25) is 0 Å². The van der Waals surface area contributed by atoms with E-state index in [1.165, 1.54) is 12.2 Å². The summed E-state index contributed by atoms with van der Waals surface area (Å²) in [7, 11) is 7.11. The molecule has 0 spiro atoms. The Kier molecular flexibility index (Phi) is 44.8. The van der Waals surface area contributed by atoms with Gasteiger partial charge in [0.15, 0.2) is 0 Å². The Labute approximate surface area is 866 Å². The number of thioether (sulfide) groups is 2. The van der Waals surface area contributed by atoms with Crippen molar-refractivity contribution >= 4 is 195 Å². The number of imide groups is 4. The second-order valence-electron chi connectivity index (χ2n) is 35.1. The van der Waals surface area contributed by atoms with Crippen LogP contribution in [0.4, 0.5) is 11.4 Å². The first-order valence-corrected chi connectivity index (χ1v) is 55.0. The monoisotopic (exact) mass is 2120 g/mol. The van der Waals surface area contributed by atoms with E-state index in [2.05, 4.69) is 64.1 Å². The molecule has 4 fully saturated rings. The molecule has 16 amide bonds. The SMILES string of the molecule is NC1(CCCCNC(=O)CCSC(=O)C(CC(=O)ON2C(=O)CCC2=O)NC(=O)CCCCCn2nnc3c2-c2ccccc2N(C(=O)CCNC(=O)CCN2C(=O)C=CC2=O)Cc2ccccc2-3)CSSC1.O=C(CCN1C(=O)C=CC1=O)NCCC(=O)N1Cc2ccccc2C#Cc2ccccc21.[N-]=[N+]=NCCCCCC(=O)NC(CC(=O)ON1C(=O)CCC1=O)C(=O)SCCC(=O)NCCCCC1(N)CSSC1. The number of benzene rings is 4. The molecule has 5 aromatic rings. The molecule has 0 aliphatic carbocycles. The highest BCUT2D eigenvalue weighted by atomic mass is 33.1. The molecule has 0 bridgehead atoms. The number of nitrogens with two attached hydrogens (primary N) is 2. The van der Waals surface area contributed by atoms with E-state index in [4.69, 9.17) is 26.7 Å². The maximum Gasteiger partial charge on any atom is 0.335 e. The van der Waals surface area contributed by atoms with E-state index < -0.39 is 112 Å². The summed E-state index contributed by atoms with van der Waals surface area (Å²) < 4.78 is 1.77. The first kappa shape index (κ1) is 113. The lowest BCUT2D eigenvalue weighted by atomic mass is 9.95. The highest BCUT2D eigenvalue weighted by Gasteiger charge is 2.40. The fourth-order valence-corrected chi connectivity index (χ4v) is 24.0. The average Bonchev–Trinajstić information content (AvgIpc) is 1.67. The third-order valence-electron chi connectivity index (χ3n) is 23.9. The minimum Gasteiger partial charge on any atom is -0.356 e. The molecule has 2 unspecified atom stereocenters.